The number of Topliss-reactive ketones (excluding diaryl/α,β-unsaturated/α-hetero) is 4. The van der Waals surface area contributed by atoms with Crippen LogP contribution in [0.3, 0.4) is 0 Å². The van der Waals surface area contributed by atoms with E-state index in [1.165, 1.54) is 16.7 Å². The predicted molar refractivity (Wildman–Crippen MR) is 192 cm³/mol. The van der Waals surface area contributed by atoms with E-state index in [2.05, 4.69) is 44.2 Å². The Morgan fingerprint density at radius 2 is 0.894 bits per heavy atom. The van der Waals surface area contributed by atoms with Crippen LogP contribution in [0.2, 0.25) is 0 Å². The molecule has 0 spiro atoms. The molecule has 8 rings (SSSR count). The van der Waals surface area contributed by atoms with Crippen LogP contribution < -0.4 is 0 Å². The van der Waals surface area contributed by atoms with Gasteiger partial charge in [0.1, 0.15) is 0 Å². The number of rotatable bonds is 5. The molecule has 0 saturated heterocycles. The van der Waals surface area contributed by atoms with Gasteiger partial charge in [0, 0.05) is 52.2 Å². The lowest BCUT2D eigenvalue weighted by atomic mass is 9.95. The van der Waals surface area contributed by atoms with E-state index in [9.17, 15) is 19.2 Å². The minimum Gasteiger partial charge on any atom is -0.288 e. The summed E-state index contributed by atoms with van der Waals surface area (Å²) in [7, 11) is 0. The number of hydrogen-bond donors (Lipinski definition) is 0. The molecule has 0 radical (unpaired) electrons. The lowest BCUT2D eigenvalue weighted by Gasteiger charge is -2.10. The highest BCUT2D eigenvalue weighted by molar-refractivity contribution is 7.27. The van der Waals surface area contributed by atoms with Gasteiger partial charge in [0.25, 0.3) is 0 Å². The number of thiophene rings is 3. The largest absolute Gasteiger partial charge is 0.288 e. The SMILES string of the molecule is Cc1cccc(C)c1-c1cc(-c2ccc(C=C3C(=O)c4ccccc4C3=O)s2)sc1-c1ccc(C=C2C(=O)c3ccccc3C2=O)s1. The topological polar surface area (TPSA) is 68.3 Å². The van der Waals surface area contributed by atoms with Crippen molar-refractivity contribution in [1.29, 1.82) is 0 Å². The van der Waals surface area contributed by atoms with Crippen molar-refractivity contribution in [2.45, 2.75) is 13.8 Å². The quantitative estimate of drug-likeness (QED) is 0.136. The summed E-state index contributed by atoms with van der Waals surface area (Å²) in [5.74, 6) is -0.929. The summed E-state index contributed by atoms with van der Waals surface area (Å²) < 4.78 is 0. The monoisotopic (exact) mass is 664 g/mol. The number of allylic oxidation sites excluding steroid dienone is 2. The molecule has 226 valence electrons. The average Bonchev–Trinajstić information content (AvgIpc) is 3.90. The van der Waals surface area contributed by atoms with Crippen LogP contribution in [0.15, 0.2) is 108 Å². The van der Waals surface area contributed by atoms with E-state index >= 15 is 0 Å². The molecule has 7 heteroatoms. The van der Waals surface area contributed by atoms with Gasteiger partial charge >= 0.3 is 0 Å². The molecular formula is C40H24O4S3. The van der Waals surface area contributed by atoms with Crippen LogP contribution in [0, 0.1) is 13.8 Å². The zero-order valence-corrected chi connectivity index (χ0v) is 27.7. The first-order valence-electron chi connectivity index (χ1n) is 15.0. The third-order valence-electron chi connectivity index (χ3n) is 8.59. The molecule has 3 heterocycles. The van der Waals surface area contributed by atoms with Gasteiger partial charge in [0.15, 0.2) is 23.1 Å². The summed E-state index contributed by atoms with van der Waals surface area (Å²) in [5, 5.41) is 0. The third kappa shape index (κ3) is 4.86. The Hall–Kier alpha value is -5.08. The molecule has 0 saturated carbocycles. The summed E-state index contributed by atoms with van der Waals surface area (Å²) in [6, 6.07) is 30.5. The van der Waals surface area contributed by atoms with Crippen molar-refractivity contribution >= 4 is 69.3 Å². The molecule has 0 amide bonds. The molecule has 0 bridgehead atoms. The number of benzene rings is 3. The zero-order chi connectivity index (χ0) is 32.4. The molecule has 3 aromatic heterocycles. The van der Waals surface area contributed by atoms with Gasteiger partial charge in [-0.3, -0.25) is 19.2 Å². The van der Waals surface area contributed by atoms with E-state index in [4.69, 9.17) is 0 Å². The Balaban J connectivity index is 1.18. The molecular weight excluding hydrogens is 641 g/mol. The van der Waals surface area contributed by atoms with Crippen LogP contribution in [0.1, 0.15) is 62.3 Å². The molecule has 0 fully saturated rings. The van der Waals surface area contributed by atoms with Crippen molar-refractivity contribution in [2.75, 3.05) is 0 Å². The van der Waals surface area contributed by atoms with Crippen molar-refractivity contribution in [1.82, 2.24) is 0 Å². The highest BCUT2D eigenvalue weighted by atomic mass is 32.1. The van der Waals surface area contributed by atoms with E-state index in [1.54, 1.807) is 94.7 Å². The number of carbonyl (C=O) groups is 4. The normalized spacial score (nSPS) is 13.8. The first kappa shape index (κ1) is 29.3. The van der Waals surface area contributed by atoms with Crippen LogP contribution in [-0.2, 0) is 0 Å². The number of aryl methyl sites for hydroxylation is 2. The standard InChI is InChI=1S/C40H24O4S3/c1-21-8-7-9-22(2)35(21)29-20-34(32-16-14-23(45-32)18-30-36(41)25-10-3-4-11-26(25)37(30)42)47-40(29)33-17-15-24(46-33)19-31-38(43)27-12-5-6-13-28(27)39(31)44/h3-20H,1-2H3. The van der Waals surface area contributed by atoms with Crippen LogP contribution >= 0.6 is 34.0 Å². The number of hydrogen-bond acceptors (Lipinski definition) is 7. The summed E-state index contributed by atoms with van der Waals surface area (Å²) >= 11 is 4.78. The predicted octanol–water partition coefficient (Wildman–Crippen LogP) is 10.4. The molecule has 3 aromatic carbocycles. The second-order valence-electron chi connectivity index (χ2n) is 11.5. The summed E-state index contributed by atoms with van der Waals surface area (Å²) in [6.07, 6.45) is 3.43. The van der Waals surface area contributed by atoms with Crippen LogP contribution in [0.4, 0.5) is 0 Å². The maximum Gasteiger partial charge on any atom is 0.197 e. The molecule has 0 unspecified atom stereocenters. The summed E-state index contributed by atoms with van der Waals surface area (Å²) in [6.45, 7) is 4.23. The fourth-order valence-electron chi connectivity index (χ4n) is 6.33. The van der Waals surface area contributed by atoms with E-state index in [1.807, 2.05) is 18.2 Å². The van der Waals surface area contributed by atoms with Crippen molar-refractivity contribution in [3.63, 3.8) is 0 Å². The van der Waals surface area contributed by atoms with Crippen molar-refractivity contribution < 1.29 is 19.2 Å². The Bertz CT molecular complexity index is 2310. The second kappa shape index (κ2) is 11.3. The van der Waals surface area contributed by atoms with Gasteiger partial charge in [-0.2, -0.15) is 0 Å². The summed E-state index contributed by atoms with van der Waals surface area (Å²) in [4.78, 5) is 58.0. The van der Waals surface area contributed by atoms with E-state index in [0.717, 1.165) is 34.8 Å². The second-order valence-corrected chi connectivity index (χ2v) is 14.8. The minimum atomic E-state index is -0.233. The van der Waals surface area contributed by atoms with Gasteiger partial charge in [-0.25, -0.2) is 0 Å². The number of fused-ring (bicyclic) bond motifs is 2. The summed E-state index contributed by atoms with van der Waals surface area (Å²) in [5.41, 5.74) is 6.86. The molecule has 2 aliphatic carbocycles. The molecule has 47 heavy (non-hydrogen) atoms. The molecule has 0 atom stereocenters. The molecule has 0 aliphatic heterocycles. The van der Waals surface area contributed by atoms with Gasteiger partial charge in [0.2, 0.25) is 0 Å². The fraction of sp³-hybridized carbons (Fsp3) is 0.0500. The lowest BCUT2D eigenvalue weighted by Crippen LogP contribution is -1.99. The van der Waals surface area contributed by atoms with Crippen LogP contribution in [0.5, 0.6) is 0 Å². The smallest absolute Gasteiger partial charge is 0.197 e. The van der Waals surface area contributed by atoms with Crippen molar-refractivity contribution in [3.8, 4) is 30.6 Å². The minimum absolute atomic E-state index is 0.198. The van der Waals surface area contributed by atoms with Gasteiger partial charge in [-0.15, -0.1) is 34.0 Å². The first-order valence-corrected chi connectivity index (χ1v) is 17.4. The molecule has 0 N–H and O–H groups in total. The first-order chi connectivity index (χ1) is 22.8. The average molecular weight is 665 g/mol. The third-order valence-corrected chi connectivity index (χ3v) is 12.2. The maximum absolute atomic E-state index is 13.0. The maximum atomic E-state index is 13.0. The van der Waals surface area contributed by atoms with E-state index in [-0.39, 0.29) is 34.3 Å². The van der Waals surface area contributed by atoms with Crippen molar-refractivity contribution in [3.05, 3.63) is 151 Å². The molecule has 2 aliphatic rings. The zero-order valence-electron chi connectivity index (χ0n) is 25.3. The highest BCUT2D eigenvalue weighted by Gasteiger charge is 2.34. The number of ketones is 4. The van der Waals surface area contributed by atoms with Crippen LogP contribution in [0.25, 0.3) is 42.8 Å². The Morgan fingerprint density at radius 3 is 1.38 bits per heavy atom. The Kier molecular flexibility index (Phi) is 7.06. The number of carbonyl (C=O) groups excluding carboxylic acids is 4. The van der Waals surface area contributed by atoms with Gasteiger partial charge < -0.3 is 0 Å². The van der Waals surface area contributed by atoms with Gasteiger partial charge in [-0.05, 0) is 73.0 Å². The molecule has 6 aromatic rings. The van der Waals surface area contributed by atoms with Crippen molar-refractivity contribution in [2.24, 2.45) is 0 Å². The van der Waals surface area contributed by atoms with Gasteiger partial charge in [-0.1, -0.05) is 66.7 Å². The highest BCUT2D eigenvalue weighted by Crippen LogP contribution is 2.48. The Labute approximate surface area is 283 Å². The van der Waals surface area contributed by atoms with E-state index < -0.39 is 0 Å². The molecule has 4 nitrogen and oxygen atoms in total. The van der Waals surface area contributed by atoms with Gasteiger partial charge in [0.05, 0.1) is 16.0 Å². The Morgan fingerprint density at radius 1 is 0.447 bits per heavy atom. The fourth-order valence-corrected chi connectivity index (χ4v) is 9.60. The van der Waals surface area contributed by atoms with E-state index in [0.29, 0.717) is 22.3 Å². The van der Waals surface area contributed by atoms with Crippen LogP contribution in [-0.4, -0.2) is 23.1 Å². The lowest BCUT2D eigenvalue weighted by molar-refractivity contribution is 0.0975.